The molecule has 4 rings (SSSR count). The van der Waals surface area contributed by atoms with E-state index < -0.39 is 11.2 Å². The fourth-order valence-electron chi connectivity index (χ4n) is 3.70. The molecule has 0 unspecified atom stereocenters. The first-order valence-electron chi connectivity index (χ1n) is 10.6. The van der Waals surface area contributed by atoms with Gasteiger partial charge in [-0.15, -0.1) is 0 Å². The average molecular weight is 483 g/mol. The summed E-state index contributed by atoms with van der Waals surface area (Å²) in [5.41, 5.74) is -1.38. The molecule has 0 radical (unpaired) electrons. The number of rotatable bonds is 4. The number of halogens is 2. The first-order chi connectivity index (χ1) is 16.4. The first kappa shape index (κ1) is 23.7. The van der Waals surface area contributed by atoms with Gasteiger partial charge in [0.1, 0.15) is 0 Å². The van der Waals surface area contributed by atoms with Crippen molar-refractivity contribution in [2.75, 3.05) is 0 Å². The third-order valence-electron chi connectivity index (χ3n) is 5.46. The molecule has 0 atom stereocenters. The van der Waals surface area contributed by atoms with Crippen LogP contribution in [0.5, 0.6) is 0 Å². The predicted molar refractivity (Wildman–Crippen MR) is 137 cm³/mol. The van der Waals surface area contributed by atoms with Crippen LogP contribution >= 0.6 is 23.2 Å². The molecule has 4 heteroatoms. The third kappa shape index (κ3) is 4.73. The maximum Gasteiger partial charge on any atom is 0.180 e. The molecule has 0 saturated heterocycles. The number of hydrogen-bond acceptors (Lipinski definition) is 2. The van der Waals surface area contributed by atoms with Crippen molar-refractivity contribution in [2.45, 2.75) is 11.2 Å². The molecule has 0 aromatic heterocycles. The maximum absolute atomic E-state index is 11.7. The van der Waals surface area contributed by atoms with Crippen LogP contribution < -0.4 is 0 Å². The Kier molecular flexibility index (Phi) is 7.09. The molecular formula is C30H20Cl2O2. The zero-order chi connectivity index (χ0) is 24.0. The smallest absolute Gasteiger partial charge is 0.180 e. The van der Waals surface area contributed by atoms with E-state index in [2.05, 4.69) is 23.7 Å². The molecular weight excluding hydrogens is 463 g/mol. The van der Waals surface area contributed by atoms with E-state index in [0.29, 0.717) is 32.3 Å². The quantitative estimate of drug-likeness (QED) is 0.341. The Bertz CT molecular complexity index is 1320. The van der Waals surface area contributed by atoms with Gasteiger partial charge in [-0.25, -0.2) is 0 Å². The van der Waals surface area contributed by atoms with Crippen LogP contribution in [0.25, 0.3) is 0 Å². The van der Waals surface area contributed by atoms with Crippen molar-refractivity contribution in [3.8, 4) is 23.7 Å². The van der Waals surface area contributed by atoms with E-state index >= 15 is 0 Å². The van der Waals surface area contributed by atoms with E-state index in [1.54, 1.807) is 72.8 Å². The molecule has 0 aliphatic rings. The van der Waals surface area contributed by atoms with Crippen molar-refractivity contribution in [3.63, 3.8) is 0 Å². The highest BCUT2D eigenvalue weighted by atomic mass is 35.5. The Balaban J connectivity index is 1.84. The van der Waals surface area contributed by atoms with Crippen LogP contribution in [0.15, 0.2) is 109 Å². The molecule has 0 fully saturated rings. The van der Waals surface area contributed by atoms with Gasteiger partial charge in [-0.05, 0) is 35.8 Å². The lowest BCUT2D eigenvalue weighted by molar-refractivity contribution is 0.144. The van der Waals surface area contributed by atoms with Crippen LogP contribution in [-0.4, -0.2) is 10.2 Å². The summed E-state index contributed by atoms with van der Waals surface area (Å²) in [5.74, 6) is 11.2. The van der Waals surface area contributed by atoms with Crippen molar-refractivity contribution >= 4 is 23.2 Å². The van der Waals surface area contributed by atoms with Crippen molar-refractivity contribution in [2.24, 2.45) is 0 Å². The summed E-state index contributed by atoms with van der Waals surface area (Å²) in [6, 6.07) is 32.1. The minimum atomic E-state index is -1.80. The molecule has 0 saturated carbocycles. The Morgan fingerprint density at radius 2 is 0.824 bits per heavy atom. The van der Waals surface area contributed by atoms with Gasteiger partial charge in [-0.1, -0.05) is 120 Å². The maximum atomic E-state index is 11.7. The topological polar surface area (TPSA) is 40.5 Å². The van der Waals surface area contributed by atoms with Gasteiger partial charge in [0.2, 0.25) is 0 Å². The van der Waals surface area contributed by atoms with Gasteiger partial charge in [0.05, 0.1) is 0 Å². The molecule has 166 valence electrons. The standard InChI is InChI=1S/C30H20Cl2O2/c31-27-19-9-7-17-25(27)30(34,26-18-8-10-20-28(26)32)22-12-11-21-29(33,23-13-3-1-4-14-23)24-15-5-2-6-16-24/h1-10,13-20,33-34H. The fraction of sp³-hybridized carbons (Fsp3) is 0.0667. The van der Waals surface area contributed by atoms with Gasteiger partial charge >= 0.3 is 0 Å². The monoisotopic (exact) mass is 482 g/mol. The first-order valence-corrected chi connectivity index (χ1v) is 11.3. The number of benzene rings is 4. The summed E-state index contributed by atoms with van der Waals surface area (Å²) >= 11 is 12.8. The molecule has 0 spiro atoms. The molecule has 0 aliphatic heterocycles. The molecule has 2 nitrogen and oxygen atoms in total. The summed E-state index contributed by atoms with van der Waals surface area (Å²) < 4.78 is 0. The highest BCUT2D eigenvalue weighted by molar-refractivity contribution is 6.32. The van der Waals surface area contributed by atoms with Crippen molar-refractivity contribution in [3.05, 3.63) is 141 Å². The minimum Gasteiger partial charge on any atom is -0.369 e. The highest BCUT2D eigenvalue weighted by Gasteiger charge is 2.34. The zero-order valence-electron chi connectivity index (χ0n) is 18.0. The summed E-state index contributed by atoms with van der Waals surface area (Å²) in [5, 5.41) is 24.0. The Morgan fingerprint density at radius 3 is 1.24 bits per heavy atom. The van der Waals surface area contributed by atoms with Crippen LogP contribution in [0.3, 0.4) is 0 Å². The predicted octanol–water partition coefficient (Wildman–Crippen LogP) is 6.17. The van der Waals surface area contributed by atoms with E-state index in [1.807, 2.05) is 36.4 Å². The number of aliphatic hydroxyl groups is 2. The van der Waals surface area contributed by atoms with Crippen LogP contribution in [-0.2, 0) is 11.2 Å². The van der Waals surface area contributed by atoms with Gasteiger partial charge in [-0.2, -0.15) is 0 Å². The van der Waals surface area contributed by atoms with Gasteiger partial charge in [0, 0.05) is 32.3 Å². The van der Waals surface area contributed by atoms with E-state index in [9.17, 15) is 10.2 Å². The second-order valence-electron chi connectivity index (χ2n) is 7.61. The second kappa shape index (κ2) is 10.2. The van der Waals surface area contributed by atoms with Crippen LogP contribution in [0.2, 0.25) is 10.0 Å². The summed E-state index contributed by atoms with van der Waals surface area (Å²) in [6.07, 6.45) is 0. The van der Waals surface area contributed by atoms with Crippen molar-refractivity contribution in [1.82, 2.24) is 0 Å². The van der Waals surface area contributed by atoms with Gasteiger partial charge in [0.25, 0.3) is 0 Å². The Morgan fingerprint density at radius 1 is 0.471 bits per heavy atom. The molecule has 2 N–H and O–H groups in total. The van der Waals surface area contributed by atoms with Crippen LogP contribution in [0, 0.1) is 23.7 Å². The molecule has 0 heterocycles. The lowest BCUT2D eigenvalue weighted by atomic mass is 9.86. The fourth-order valence-corrected chi connectivity index (χ4v) is 4.25. The van der Waals surface area contributed by atoms with E-state index in [0.717, 1.165) is 0 Å². The third-order valence-corrected chi connectivity index (χ3v) is 6.12. The zero-order valence-corrected chi connectivity index (χ0v) is 19.6. The molecule has 34 heavy (non-hydrogen) atoms. The van der Waals surface area contributed by atoms with Crippen molar-refractivity contribution < 1.29 is 10.2 Å². The molecule has 0 amide bonds. The molecule has 4 aromatic rings. The summed E-state index contributed by atoms with van der Waals surface area (Å²) in [6.45, 7) is 0. The normalized spacial score (nSPS) is 11.1. The van der Waals surface area contributed by atoms with Gasteiger partial charge < -0.3 is 10.2 Å². The largest absolute Gasteiger partial charge is 0.369 e. The van der Waals surface area contributed by atoms with Crippen LogP contribution in [0.1, 0.15) is 22.3 Å². The van der Waals surface area contributed by atoms with E-state index in [-0.39, 0.29) is 0 Å². The molecule has 0 bridgehead atoms. The van der Waals surface area contributed by atoms with Crippen molar-refractivity contribution in [1.29, 1.82) is 0 Å². The molecule has 4 aromatic carbocycles. The minimum absolute atomic E-state index is 0.345. The molecule has 0 aliphatic carbocycles. The Labute approximate surface area is 209 Å². The van der Waals surface area contributed by atoms with Crippen LogP contribution in [0.4, 0.5) is 0 Å². The average Bonchev–Trinajstić information content (AvgIpc) is 2.88. The van der Waals surface area contributed by atoms with Gasteiger partial charge in [0.15, 0.2) is 11.2 Å². The Hall–Kier alpha value is -3.50. The van der Waals surface area contributed by atoms with Gasteiger partial charge in [-0.3, -0.25) is 0 Å². The summed E-state index contributed by atoms with van der Waals surface area (Å²) in [4.78, 5) is 0. The summed E-state index contributed by atoms with van der Waals surface area (Å²) in [7, 11) is 0. The highest BCUT2D eigenvalue weighted by Crippen LogP contribution is 2.37. The number of hydrogen-bond donors (Lipinski definition) is 2. The van der Waals surface area contributed by atoms with E-state index in [1.165, 1.54) is 0 Å². The lowest BCUT2D eigenvalue weighted by Crippen LogP contribution is -2.26. The SMILES string of the molecule is OC(C#CC#CC(O)(c1ccccc1Cl)c1ccccc1Cl)(c1ccccc1)c1ccccc1. The lowest BCUT2D eigenvalue weighted by Gasteiger charge is -2.25. The second-order valence-corrected chi connectivity index (χ2v) is 8.43. The van der Waals surface area contributed by atoms with E-state index in [4.69, 9.17) is 23.2 Å².